The number of nitrogens with zero attached hydrogens (tertiary/aromatic N) is 2. The summed E-state index contributed by atoms with van der Waals surface area (Å²) >= 11 is 0. The quantitative estimate of drug-likeness (QED) is 0.306. The predicted molar refractivity (Wildman–Crippen MR) is 130 cm³/mol. The second kappa shape index (κ2) is 9.91. The van der Waals surface area contributed by atoms with Crippen LogP contribution in [0.3, 0.4) is 0 Å². The summed E-state index contributed by atoms with van der Waals surface area (Å²) in [5, 5.41) is 11.2. The number of ether oxygens (including phenoxy) is 1. The maximum atomic E-state index is 13.2. The number of pyridine rings is 1. The van der Waals surface area contributed by atoms with Crippen LogP contribution in [0.2, 0.25) is 0 Å². The standard InChI is InChI=1S/C28H28N2O4/c1-18(2)17-34-23-12-10-20(11-13-23)26(31)24-25(21-8-6-7-19(3)15-21)30(28(33)27(24)32)16-22-9-4-5-14-29-22/h4-15,18,25,31H,16-17H2,1-3H3/b26-24-. The zero-order chi connectivity index (χ0) is 24.2. The SMILES string of the molecule is Cc1cccc(C2/C(=C(/O)c3ccc(OCC(C)C)cc3)C(=O)C(=O)N2Cc2ccccn2)c1. The van der Waals surface area contributed by atoms with Crippen molar-refractivity contribution in [2.45, 2.75) is 33.4 Å². The monoisotopic (exact) mass is 456 g/mol. The van der Waals surface area contributed by atoms with E-state index in [9.17, 15) is 14.7 Å². The number of Topliss-reactive ketones (excluding diaryl/α,β-unsaturated/α-hetero) is 1. The second-order valence-electron chi connectivity index (χ2n) is 8.89. The van der Waals surface area contributed by atoms with Crippen LogP contribution in [0.1, 0.15) is 42.3 Å². The summed E-state index contributed by atoms with van der Waals surface area (Å²) in [5.41, 5.74) is 2.93. The van der Waals surface area contributed by atoms with E-state index in [1.807, 2.05) is 43.3 Å². The lowest BCUT2D eigenvalue weighted by Gasteiger charge is -2.25. The van der Waals surface area contributed by atoms with E-state index in [1.54, 1.807) is 36.5 Å². The molecule has 3 aromatic rings. The molecule has 34 heavy (non-hydrogen) atoms. The van der Waals surface area contributed by atoms with Gasteiger partial charge in [-0.05, 0) is 54.8 Å². The van der Waals surface area contributed by atoms with Gasteiger partial charge in [-0.2, -0.15) is 0 Å². The van der Waals surface area contributed by atoms with Gasteiger partial charge in [-0.3, -0.25) is 14.6 Å². The van der Waals surface area contributed by atoms with E-state index in [1.165, 1.54) is 4.90 Å². The van der Waals surface area contributed by atoms with Gasteiger partial charge in [-0.15, -0.1) is 0 Å². The van der Waals surface area contributed by atoms with Gasteiger partial charge < -0.3 is 14.7 Å². The van der Waals surface area contributed by atoms with Crippen LogP contribution in [0, 0.1) is 12.8 Å². The smallest absolute Gasteiger partial charge is 0.296 e. The fourth-order valence-electron chi connectivity index (χ4n) is 4.02. The lowest BCUT2D eigenvalue weighted by Crippen LogP contribution is -2.29. The minimum Gasteiger partial charge on any atom is -0.507 e. The van der Waals surface area contributed by atoms with Crippen LogP contribution in [0.15, 0.2) is 78.5 Å². The number of amides is 1. The molecule has 6 heteroatoms. The number of carbonyl (C=O) groups is 2. The molecule has 1 fully saturated rings. The number of hydrogen-bond acceptors (Lipinski definition) is 5. The summed E-state index contributed by atoms with van der Waals surface area (Å²) in [6.45, 7) is 6.81. The Balaban J connectivity index is 1.76. The van der Waals surface area contributed by atoms with Gasteiger partial charge in [0.25, 0.3) is 11.7 Å². The van der Waals surface area contributed by atoms with Crippen molar-refractivity contribution in [3.63, 3.8) is 0 Å². The second-order valence-corrected chi connectivity index (χ2v) is 8.89. The van der Waals surface area contributed by atoms with Crippen molar-refractivity contribution in [3.8, 4) is 5.75 Å². The molecule has 0 radical (unpaired) electrons. The number of ketones is 1. The number of aryl methyl sites for hydroxylation is 1. The number of aromatic nitrogens is 1. The van der Waals surface area contributed by atoms with E-state index in [0.29, 0.717) is 29.5 Å². The number of benzene rings is 2. The van der Waals surface area contributed by atoms with Crippen LogP contribution >= 0.6 is 0 Å². The van der Waals surface area contributed by atoms with E-state index in [0.717, 1.165) is 11.1 Å². The number of likely N-dealkylation sites (tertiary alicyclic amines) is 1. The van der Waals surface area contributed by atoms with Crippen LogP contribution in [-0.2, 0) is 16.1 Å². The Hall–Kier alpha value is -3.93. The molecule has 2 heterocycles. The summed E-state index contributed by atoms with van der Waals surface area (Å²) in [4.78, 5) is 32.1. The van der Waals surface area contributed by atoms with Crippen molar-refractivity contribution >= 4 is 17.4 Å². The van der Waals surface area contributed by atoms with E-state index < -0.39 is 17.7 Å². The fraction of sp³-hybridized carbons (Fsp3) is 0.250. The molecule has 2 aromatic carbocycles. The van der Waals surface area contributed by atoms with Crippen LogP contribution in [0.25, 0.3) is 5.76 Å². The van der Waals surface area contributed by atoms with Crippen molar-refractivity contribution in [2.75, 3.05) is 6.61 Å². The van der Waals surface area contributed by atoms with E-state index in [-0.39, 0.29) is 17.9 Å². The minimum atomic E-state index is -0.723. The van der Waals surface area contributed by atoms with Gasteiger partial charge in [0.1, 0.15) is 11.5 Å². The number of rotatable bonds is 7. The highest BCUT2D eigenvalue weighted by Crippen LogP contribution is 2.40. The van der Waals surface area contributed by atoms with E-state index >= 15 is 0 Å². The molecule has 4 rings (SSSR count). The van der Waals surface area contributed by atoms with Crippen molar-refractivity contribution in [1.29, 1.82) is 0 Å². The molecule has 1 aliphatic rings. The lowest BCUT2D eigenvalue weighted by atomic mass is 9.94. The average molecular weight is 457 g/mol. The highest BCUT2D eigenvalue weighted by molar-refractivity contribution is 6.46. The number of carbonyl (C=O) groups excluding carboxylic acids is 2. The third-order valence-corrected chi connectivity index (χ3v) is 5.67. The highest BCUT2D eigenvalue weighted by atomic mass is 16.5. The Bertz CT molecular complexity index is 1220. The molecule has 1 atom stereocenters. The average Bonchev–Trinajstić information content (AvgIpc) is 3.08. The fourth-order valence-corrected chi connectivity index (χ4v) is 4.02. The van der Waals surface area contributed by atoms with Crippen molar-refractivity contribution in [3.05, 3.63) is 101 Å². The van der Waals surface area contributed by atoms with Gasteiger partial charge in [-0.25, -0.2) is 0 Å². The van der Waals surface area contributed by atoms with Gasteiger partial charge in [0.05, 0.1) is 30.5 Å². The summed E-state index contributed by atoms with van der Waals surface area (Å²) in [6.07, 6.45) is 1.65. The highest BCUT2D eigenvalue weighted by Gasteiger charge is 2.46. The Labute approximate surface area is 199 Å². The number of aliphatic hydroxyl groups is 1. The topological polar surface area (TPSA) is 79.7 Å². The van der Waals surface area contributed by atoms with Crippen LogP contribution in [0.5, 0.6) is 5.75 Å². The number of aliphatic hydroxyl groups excluding tert-OH is 1. The third kappa shape index (κ3) is 4.86. The summed E-state index contributed by atoms with van der Waals surface area (Å²) in [6, 6.07) is 19.2. The van der Waals surface area contributed by atoms with Crippen molar-refractivity contribution in [1.82, 2.24) is 9.88 Å². The Kier molecular flexibility index (Phi) is 6.77. The van der Waals surface area contributed by atoms with Gasteiger partial charge in [0.2, 0.25) is 0 Å². The summed E-state index contributed by atoms with van der Waals surface area (Å²) in [5.74, 6) is -0.506. The molecule has 0 spiro atoms. The molecule has 1 N–H and O–H groups in total. The first kappa shape index (κ1) is 23.2. The maximum absolute atomic E-state index is 13.2. The molecule has 174 valence electrons. The Morgan fingerprint density at radius 3 is 2.47 bits per heavy atom. The van der Waals surface area contributed by atoms with E-state index in [2.05, 4.69) is 18.8 Å². The molecule has 1 unspecified atom stereocenters. The number of hydrogen-bond donors (Lipinski definition) is 1. The zero-order valence-electron chi connectivity index (χ0n) is 19.6. The molecule has 1 aromatic heterocycles. The maximum Gasteiger partial charge on any atom is 0.296 e. The first-order valence-electron chi connectivity index (χ1n) is 11.3. The lowest BCUT2D eigenvalue weighted by molar-refractivity contribution is -0.140. The molecule has 0 saturated carbocycles. The molecule has 0 aliphatic carbocycles. The molecule has 6 nitrogen and oxygen atoms in total. The van der Waals surface area contributed by atoms with Crippen LogP contribution in [-0.4, -0.2) is 33.3 Å². The Morgan fingerprint density at radius 1 is 1.06 bits per heavy atom. The van der Waals surface area contributed by atoms with Crippen molar-refractivity contribution in [2.24, 2.45) is 5.92 Å². The molecular weight excluding hydrogens is 428 g/mol. The van der Waals surface area contributed by atoms with Crippen LogP contribution < -0.4 is 4.74 Å². The molecule has 1 aliphatic heterocycles. The van der Waals surface area contributed by atoms with Crippen molar-refractivity contribution < 1.29 is 19.4 Å². The Morgan fingerprint density at radius 2 is 1.82 bits per heavy atom. The first-order chi connectivity index (χ1) is 16.3. The molecule has 0 bridgehead atoms. The zero-order valence-corrected chi connectivity index (χ0v) is 19.6. The largest absolute Gasteiger partial charge is 0.507 e. The summed E-state index contributed by atoms with van der Waals surface area (Å²) < 4.78 is 5.72. The van der Waals surface area contributed by atoms with Gasteiger partial charge in [0.15, 0.2) is 0 Å². The molecule has 1 saturated heterocycles. The third-order valence-electron chi connectivity index (χ3n) is 5.67. The first-order valence-corrected chi connectivity index (χ1v) is 11.3. The van der Waals surface area contributed by atoms with Gasteiger partial charge in [0, 0.05) is 11.8 Å². The van der Waals surface area contributed by atoms with Gasteiger partial charge >= 0.3 is 0 Å². The summed E-state index contributed by atoms with van der Waals surface area (Å²) in [7, 11) is 0. The molecular formula is C28H28N2O4. The molecule has 1 amide bonds. The van der Waals surface area contributed by atoms with Crippen LogP contribution in [0.4, 0.5) is 0 Å². The predicted octanol–water partition coefficient (Wildman–Crippen LogP) is 5.05. The van der Waals surface area contributed by atoms with E-state index in [4.69, 9.17) is 4.74 Å². The minimum absolute atomic E-state index is 0.0716. The normalized spacial score (nSPS) is 17.4. The van der Waals surface area contributed by atoms with Gasteiger partial charge in [-0.1, -0.05) is 49.7 Å².